The maximum Gasteiger partial charge on any atom is 0.435 e. The van der Waals surface area contributed by atoms with Gasteiger partial charge in [0.2, 0.25) is 6.23 Å². The van der Waals surface area contributed by atoms with Gasteiger partial charge >= 0.3 is 6.09 Å². The van der Waals surface area contributed by atoms with E-state index in [-0.39, 0.29) is 6.54 Å². The minimum absolute atomic E-state index is 0.161. The van der Waals surface area contributed by atoms with Gasteiger partial charge in [-0.05, 0) is 18.5 Å². The zero-order chi connectivity index (χ0) is 10.3. The highest BCUT2D eigenvalue weighted by molar-refractivity contribution is 5.67. The molecular weight excluding hydrogens is 178 g/mol. The van der Waals surface area contributed by atoms with E-state index in [2.05, 4.69) is 15.2 Å². The van der Waals surface area contributed by atoms with Gasteiger partial charge in [-0.2, -0.15) is 5.01 Å². The lowest BCUT2D eigenvalue weighted by Crippen LogP contribution is -2.29. The van der Waals surface area contributed by atoms with Gasteiger partial charge in [0.15, 0.2) is 0 Å². The molecule has 7 heteroatoms. The van der Waals surface area contributed by atoms with Crippen LogP contribution in [0.25, 0.3) is 0 Å². The first-order chi connectivity index (χ1) is 6.15. The van der Waals surface area contributed by atoms with E-state index in [4.69, 9.17) is 0 Å². The van der Waals surface area contributed by atoms with Crippen LogP contribution in [0, 0.1) is 9.81 Å². The Morgan fingerprint density at radius 2 is 2.15 bits per heavy atom. The fourth-order valence-corrected chi connectivity index (χ4v) is 0.606. The van der Waals surface area contributed by atoms with E-state index in [0.29, 0.717) is 11.4 Å². The highest BCUT2D eigenvalue weighted by Gasteiger charge is 2.17. The smallest absolute Gasteiger partial charge is 0.419 e. The van der Waals surface area contributed by atoms with Gasteiger partial charge in [-0.1, -0.05) is 6.92 Å². The Balaban J connectivity index is 4.04. The summed E-state index contributed by atoms with van der Waals surface area (Å²) in [6.45, 7) is 3.22. The third kappa shape index (κ3) is 4.14. The molecule has 1 unspecified atom stereocenters. The number of amides is 1. The van der Waals surface area contributed by atoms with Crippen molar-refractivity contribution in [3.63, 3.8) is 0 Å². The molecule has 0 saturated carbocycles. The highest BCUT2D eigenvalue weighted by Crippen LogP contribution is 2.00. The number of nitrogens with zero attached hydrogens (tertiary/aromatic N) is 3. The molecule has 0 aliphatic heterocycles. The monoisotopic (exact) mass is 189 g/mol. The maximum atomic E-state index is 10.9. The summed E-state index contributed by atoms with van der Waals surface area (Å²) in [4.78, 5) is 30.9. The summed E-state index contributed by atoms with van der Waals surface area (Å²) in [5.74, 6) is 0. The van der Waals surface area contributed by atoms with Crippen LogP contribution in [0.2, 0.25) is 0 Å². The molecule has 0 aliphatic carbocycles. The van der Waals surface area contributed by atoms with Gasteiger partial charge in [0.25, 0.3) is 0 Å². The maximum absolute atomic E-state index is 10.9. The van der Waals surface area contributed by atoms with E-state index >= 15 is 0 Å². The van der Waals surface area contributed by atoms with Crippen LogP contribution in [-0.4, -0.2) is 23.9 Å². The number of ether oxygens (including phenoxy) is 1. The number of hydrogen-bond donors (Lipinski definition) is 0. The zero-order valence-electron chi connectivity index (χ0n) is 7.47. The molecule has 0 aliphatic rings. The van der Waals surface area contributed by atoms with Crippen LogP contribution in [0.4, 0.5) is 4.79 Å². The Labute approximate surface area is 75.0 Å². The van der Waals surface area contributed by atoms with Crippen molar-refractivity contribution in [2.75, 3.05) is 6.54 Å². The minimum atomic E-state index is -1.10. The Hall–Kier alpha value is -1.53. The van der Waals surface area contributed by atoms with Crippen molar-refractivity contribution in [2.24, 2.45) is 10.5 Å². The van der Waals surface area contributed by atoms with E-state index in [9.17, 15) is 14.6 Å². The number of hydrogen-bond acceptors (Lipinski definition) is 6. The van der Waals surface area contributed by atoms with E-state index in [1.165, 1.54) is 6.92 Å². The standard InChI is InChI=1S/C6H11N3O4/c1-3-4-9(8-12)6(10)13-5(2)7-11/h5H,3-4H2,1-2H3. The number of rotatable bonds is 5. The summed E-state index contributed by atoms with van der Waals surface area (Å²) in [6.07, 6.45) is -1.48. The summed E-state index contributed by atoms with van der Waals surface area (Å²) < 4.78 is 4.42. The number of carbonyl (C=O) groups is 1. The first-order valence-corrected chi connectivity index (χ1v) is 3.79. The molecule has 7 nitrogen and oxygen atoms in total. The van der Waals surface area contributed by atoms with Gasteiger partial charge < -0.3 is 4.74 Å². The molecule has 0 spiro atoms. The fraction of sp³-hybridized carbons (Fsp3) is 0.833. The van der Waals surface area contributed by atoms with Gasteiger partial charge in [0.05, 0.1) is 11.8 Å². The minimum Gasteiger partial charge on any atom is -0.419 e. The van der Waals surface area contributed by atoms with Crippen molar-refractivity contribution in [1.29, 1.82) is 0 Å². The van der Waals surface area contributed by atoms with Crippen LogP contribution in [0.1, 0.15) is 20.3 Å². The summed E-state index contributed by atoms with van der Waals surface area (Å²) >= 11 is 0. The molecule has 13 heavy (non-hydrogen) atoms. The van der Waals surface area contributed by atoms with Crippen LogP contribution in [0.3, 0.4) is 0 Å². The molecule has 1 amide bonds. The third-order valence-electron chi connectivity index (χ3n) is 1.16. The normalized spacial score (nSPS) is 11.5. The Bertz CT molecular complexity index is 196. The first kappa shape index (κ1) is 11.5. The lowest BCUT2D eigenvalue weighted by atomic mass is 10.5. The Kier molecular flexibility index (Phi) is 5.33. The van der Waals surface area contributed by atoms with Gasteiger partial charge in [0, 0.05) is 0 Å². The van der Waals surface area contributed by atoms with Crippen molar-refractivity contribution < 1.29 is 9.53 Å². The summed E-state index contributed by atoms with van der Waals surface area (Å²) in [5.41, 5.74) is 0. The summed E-state index contributed by atoms with van der Waals surface area (Å²) in [6, 6.07) is 0. The predicted molar refractivity (Wildman–Crippen MR) is 44.5 cm³/mol. The second-order valence-corrected chi connectivity index (χ2v) is 2.29. The molecule has 0 N–H and O–H groups in total. The Morgan fingerprint density at radius 3 is 2.54 bits per heavy atom. The second kappa shape index (κ2) is 6.04. The number of nitroso groups, excluding NO2 is 2. The van der Waals surface area contributed by atoms with Crippen LogP contribution in [0.5, 0.6) is 0 Å². The van der Waals surface area contributed by atoms with Crippen molar-refractivity contribution in [3.8, 4) is 0 Å². The van der Waals surface area contributed by atoms with Crippen molar-refractivity contribution in [2.45, 2.75) is 26.5 Å². The predicted octanol–water partition coefficient (Wildman–Crippen LogP) is 1.63. The quantitative estimate of drug-likeness (QED) is 0.485. The van der Waals surface area contributed by atoms with E-state index < -0.39 is 12.3 Å². The SMILES string of the molecule is CCCN(N=O)C(=O)OC(C)N=O. The molecule has 1 atom stereocenters. The number of carbonyl (C=O) groups excluding carboxylic acids is 1. The van der Waals surface area contributed by atoms with Gasteiger partial charge in [-0.3, -0.25) is 0 Å². The molecule has 0 fully saturated rings. The molecule has 74 valence electrons. The molecular formula is C6H11N3O4. The van der Waals surface area contributed by atoms with Crippen LogP contribution in [0.15, 0.2) is 10.5 Å². The topological polar surface area (TPSA) is 88.4 Å². The second-order valence-electron chi connectivity index (χ2n) is 2.29. The molecule has 0 radical (unpaired) electrons. The molecule has 0 rings (SSSR count). The molecule has 0 aromatic rings. The zero-order valence-corrected chi connectivity index (χ0v) is 7.47. The van der Waals surface area contributed by atoms with Crippen molar-refractivity contribution >= 4 is 6.09 Å². The highest BCUT2D eigenvalue weighted by atomic mass is 16.6. The first-order valence-electron chi connectivity index (χ1n) is 3.79. The fourth-order valence-electron chi connectivity index (χ4n) is 0.606. The van der Waals surface area contributed by atoms with Crippen molar-refractivity contribution in [1.82, 2.24) is 5.01 Å². The van der Waals surface area contributed by atoms with Crippen LogP contribution >= 0.6 is 0 Å². The van der Waals surface area contributed by atoms with Crippen molar-refractivity contribution in [3.05, 3.63) is 9.81 Å². The van der Waals surface area contributed by atoms with E-state index in [1.807, 2.05) is 0 Å². The van der Waals surface area contributed by atoms with E-state index in [1.54, 1.807) is 6.92 Å². The lowest BCUT2D eigenvalue weighted by molar-refractivity contribution is 0.0729. The van der Waals surface area contributed by atoms with Gasteiger partial charge in [-0.25, -0.2) is 4.79 Å². The largest absolute Gasteiger partial charge is 0.435 e. The average molecular weight is 189 g/mol. The molecule has 0 saturated heterocycles. The van der Waals surface area contributed by atoms with Gasteiger partial charge in [-0.15, -0.1) is 9.81 Å². The molecule has 0 bridgehead atoms. The molecule has 0 aromatic heterocycles. The molecule has 0 heterocycles. The average Bonchev–Trinajstić information content (AvgIpc) is 2.13. The molecule has 0 aromatic carbocycles. The van der Waals surface area contributed by atoms with Gasteiger partial charge in [0.1, 0.15) is 0 Å². The van der Waals surface area contributed by atoms with Crippen LogP contribution < -0.4 is 0 Å². The Morgan fingerprint density at radius 1 is 1.54 bits per heavy atom. The summed E-state index contributed by atoms with van der Waals surface area (Å²) in [7, 11) is 0. The lowest BCUT2D eigenvalue weighted by Gasteiger charge is -2.12. The third-order valence-corrected chi connectivity index (χ3v) is 1.16. The van der Waals surface area contributed by atoms with Crippen LogP contribution in [-0.2, 0) is 4.74 Å². The van der Waals surface area contributed by atoms with E-state index in [0.717, 1.165) is 0 Å². The summed E-state index contributed by atoms with van der Waals surface area (Å²) in [5, 5.41) is 5.47.